The average Bonchev–Trinajstić information content (AvgIpc) is 0.941. The molecule has 0 atom stereocenters. The largest absolute Gasteiger partial charge is 0.458 e. The second-order valence-electron chi connectivity index (χ2n) is 23.0. The molecule has 0 aliphatic carbocycles. The Bertz CT molecular complexity index is 5000. The third-order valence-corrected chi connectivity index (χ3v) is 18.6. The molecule has 8 heteroatoms. The topological polar surface area (TPSA) is 34.8 Å². The minimum atomic E-state index is -0.169. The van der Waals surface area contributed by atoms with Gasteiger partial charge in [-0.1, -0.05) is 188 Å². The van der Waals surface area contributed by atoms with Crippen LogP contribution in [-0.4, -0.2) is 22.6 Å². The summed E-state index contributed by atoms with van der Waals surface area (Å²) >= 11 is 0. The Morgan fingerprint density at radius 3 is 1.16 bits per heavy atom. The number of rotatable bonds is 6. The Morgan fingerprint density at radius 1 is 0.267 bits per heavy atom. The van der Waals surface area contributed by atoms with Crippen molar-refractivity contribution >= 4 is 124 Å². The first-order valence-corrected chi connectivity index (χ1v) is 29.6. The highest BCUT2D eigenvalue weighted by Gasteiger charge is 2.46. The lowest BCUT2D eigenvalue weighted by Gasteiger charge is -2.45. The van der Waals surface area contributed by atoms with Gasteiger partial charge in [-0.05, 0) is 147 Å². The van der Waals surface area contributed by atoms with E-state index in [0.717, 1.165) is 107 Å². The molecular formula is C78H48B2N4O2. The van der Waals surface area contributed by atoms with Crippen LogP contribution in [0.25, 0.3) is 77.2 Å². The molecule has 0 radical (unpaired) electrons. The molecule has 0 N–H and O–H groups in total. The van der Waals surface area contributed by atoms with Crippen molar-refractivity contribution < 1.29 is 9.47 Å². The van der Waals surface area contributed by atoms with Crippen LogP contribution < -0.4 is 52.1 Å². The summed E-state index contributed by atoms with van der Waals surface area (Å²) in [5.74, 6) is 3.31. The third kappa shape index (κ3) is 6.69. The first-order chi connectivity index (χ1) is 42.7. The lowest BCUT2D eigenvalue weighted by Crippen LogP contribution is -2.61. The second kappa shape index (κ2) is 18.1. The molecule has 0 saturated carbocycles. The van der Waals surface area contributed by atoms with Gasteiger partial charge in [0.05, 0.1) is 22.1 Å². The molecule has 0 unspecified atom stereocenters. The highest BCUT2D eigenvalue weighted by Crippen LogP contribution is 2.52. The van der Waals surface area contributed by atoms with E-state index < -0.39 is 0 Å². The van der Waals surface area contributed by atoms with Crippen LogP contribution in [0.1, 0.15) is 0 Å². The number of hydrogen-bond donors (Lipinski definition) is 0. The highest BCUT2D eigenvalue weighted by molar-refractivity contribution is 7.00. The fraction of sp³-hybridized carbons (Fsp3) is 0. The van der Waals surface area contributed by atoms with Crippen molar-refractivity contribution in [3.63, 3.8) is 0 Å². The molecule has 0 fully saturated rings. The van der Waals surface area contributed by atoms with E-state index >= 15 is 0 Å². The maximum atomic E-state index is 7.37. The van der Waals surface area contributed by atoms with E-state index in [1.165, 1.54) is 60.0 Å². The molecule has 0 amide bonds. The Balaban J connectivity index is 0.940. The van der Waals surface area contributed by atoms with Crippen LogP contribution in [0.15, 0.2) is 291 Å². The van der Waals surface area contributed by atoms with Gasteiger partial charge in [-0.2, -0.15) is 0 Å². The van der Waals surface area contributed by atoms with Crippen LogP contribution in [-0.2, 0) is 0 Å². The molecule has 4 aliphatic heterocycles. The Morgan fingerprint density at radius 2 is 0.674 bits per heavy atom. The number of para-hydroxylation sites is 8. The van der Waals surface area contributed by atoms with E-state index in [1.54, 1.807) is 0 Å². The monoisotopic (exact) mass is 1090 g/mol. The number of anilines is 6. The SMILES string of the molecule is c1ccc(-c2c(-c3cc4c5c(c3)N(c3ccccc3)c3cc(-n6c7ccccc7c7ccccc76)ccc3B5c3ccc(-n5c6ccccc6c6ccccc65)cc3N4c3ccccc3)cc3c4c2Oc2ccccc2B4c2ccccc2O3)cc1. The molecule has 86 heavy (non-hydrogen) atoms. The zero-order valence-corrected chi connectivity index (χ0v) is 46.5. The summed E-state index contributed by atoms with van der Waals surface area (Å²) in [7, 11) is 0. The van der Waals surface area contributed by atoms with Gasteiger partial charge < -0.3 is 28.4 Å². The summed E-state index contributed by atoms with van der Waals surface area (Å²) in [5.41, 5.74) is 24.5. The third-order valence-electron chi connectivity index (χ3n) is 18.6. The van der Waals surface area contributed by atoms with Crippen molar-refractivity contribution in [3.8, 4) is 56.6 Å². The summed E-state index contributed by atoms with van der Waals surface area (Å²) in [5, 5.41) is 4.91. The Hall–Kier alpha value is -11.2. The highest BCUT2D eigenvalue weighted by atomic mass is 16.5. The Labute approximate surface area is 497 Å². The molecule has 0 saturated heterocycles. The van der Waals surface area contributed by atoms with Gasteiger partial charge >= 0.3 is 0 Å². The smallest absolute Gasteiger partial charge is 0.260 e. The van der Waals surface area contributed by atoms with E-state index in [2.05, 4.69) is 310 Å². The van der Waals surface area contributed by atoms with Crippen molar-refractivity contribution in [1.29, 1.82) is 0 Å². The average molecular weight is 1090 g/mol. The normalized spacial score (nSPS) is 13.2. The molecule has 6 nitrogen and oxygen atoms in total. The molecule has 0 bridgehead atoms. The lowest BCUT2D eigenvalue weighted by atomic mass is 9.33. The van der Waals surface area contributed by atoms with E-state index in [4.69, 9.17) is 9.47 Å². The predicted octanol–water partition coefficient (Wildman–Crippen LogP) is 16.0. The summed E-state index contributed by atoms with van der Waals surface area (Å²) in [6, 6.07) is 107. The van der Waals surface area contributed by atoms with Crippen molar-refractivity contribution in [2.24, 2.45) is 0 Å². The predicted molar refractivity (Wildman–Crippen MR) is 358 cm³/mol. The van der Waals surface area contributed by atoms with E-state index in [-0.39, 0.29) is 13.4 Å². The van der Waals surface area contributed by atoms with E-state index in [1.807, 2.05) is 0 Å². The number of nitrogens with zero attached hydrogens (tertiary/aromatic N) is 4. The van der Waals surface area contributed by atoms with Gasteiger partial charge in [0.2, 0.25) is 0 Å². The summed E-state index contributed by atoms with van der Waals surface area (Å²) in [4.78, 5) is 5.07. The standard InChI is InChI=1S/C78H48B2N4O2/c1-4-22-49(23-5-1)75-59(48-74-77-78(75)86-73-39-21-15-33-63(73)80(77)62-32-14-20-38-72(62)85-74)50-44-70-76-71(45-50)82(52-26-8-3-9-27-52)69-47-54(84-66-36-18-12-30-57(66)58-31-13-19-37-67(58)84)41-43-61(69)79(76)60-42-40-53(46-68(60)81(70)51-24-6-2-7-25-51)83-64-34-16-10-28-55(64)56-29-11-17-35-65(56)83/h1-48H. The first-order valence-electron chi connectivity index (χ1n) is 29.6. The van der Waals surface area contributed by atoms with E-state index in [9.17, 15) is 0 Å². The van der Waals surface area contributed by atoms with Crippen LogP contribution in [0, 0.1) is 0 Å². The summed E-state index contributed by atoms with van der Waals surface area (Å²) in [6.07, 6.45) is 0. The summed E-state index contributed by atoms with van der Waals surface area (Å²) in [6.45, 7) is -0.267. The molecule has 2 aromatic heterocycles. The maximum Gasteiger partial charge on any atom is 0.260 e. The van der Waals surface area contributed by atoms with Crippen LogP contribution in [0.2, 0.25) is 0 Å². The van der Waals surface area contributed by atoms with Crippen molar-refractivity contribution in [2.45, 2.75) is 0 Å². The van der Waals surface area contributed by atoms with Crippen molar-refractivity contribution in [3.05, 3.63) is 291 Å². The zero-order valence-electron chi connectivity index (χ0n) is 46.5. The van der Waals surface area contributed by atoms with Gasteiger partial charge in [-0.25, -0.2) is 0 Å². The lowest BCUT2D eigenvalue weighted by molar-refractivity contribution is 0.466. The zero-order chi connectivity index (χ0) is 56.1. The second-order valence-corrected chi connectivity index (χ2v) is 23.0. The van der Waals surface area contributed by atoms with Crippen LogP contribution >= 0.6 is 0 Å². The van der Waals surface area contributed by atoms with E-state index in [0.29, 0.717) is 0 Å². The fourth-order valence-electron chi connectivity index (χ4n) is 15.1. The Kier molecular flexibility index (Phi) is 9.98. The van der Waals surface area contributed by atoms with Crippen molar-refractivity contribution in [1.82, 2.24) is 9.13 Å². The first kappa shape index (κ1) is 47.3. The minimum absolute atomic E-state index is 0.0977. The van der Waals surface area contributed by atoms with Gasteiger partial charge in [0, 0.05) is 78.1 Å². The van der Waals surface area contributed by atoms with Crippen LogP contribution in [0.4, 0.5) is 34.1 Å². The molecule has 15 aromatic rings. The van der Waals surface area contributed by atoms with Crippen LogP contribution in [0.5, 0.6) is 23.0 Å². The van der Waals surface area contributed by atoms with Crippen molar-refractivity contribution in [2.75, 3.05) is 9.80 Å². The van der Waals surface area contributed by atoms with Gasteiger partial charge in [0.15, 0.2) is 0 Å². The molecule has 4 aliphatic rings. The quantitative estimate of drug-likeness (QED) is 0.155. The van der Waals surface area contributed by atoms with Gasteiger partial charge in [0.1, 0.15) is 23.0 Å². The summed E-state index contributed by atoms with van der Waals surface area (Å²) < 4.78 is 19.4. The minimum Gasteiger partial charge on any atom is -0.458 e. The molecular weight excluding hydrogens is 1050 g/mol. The fourth-order valence-corrected chi connectivity index (χ4v) is 15.1. The van der Waals surface area contributed by atoms with Gasteiger partial charge in [-0.15, -0.1) is 0 Å². The molecule has 398 valence electrons. The number of fused-ring (bicyclic) bond motifs is 14. The molecule has 6 heterocycles. The number of aromatic nitrogens is 2. The molecule has 13 aromatic carbocycles. The maximum absolute atomic E-state index is 7.37. The number of ether oxygens (including phenoxy) is 2. The molecule has 19 rings (SSSR count). The van der Waals surface area contributed by atoms with Gasteiger partial charge in [-0.3, -0.25) is 0 Å². The number of hydrogen-bond acceptors (Lipinski definition) is 4. The van der Waals surface area contributed by atoms with Gasteiger partial charge in [0.25, 0.3) is 13.4 Å². The number of benzene rings is 13. The van der Waals surface area contributed by atoms with Crippen LogP contribution in [0.3, 0.4) is 0 Å². The molecule has 0 spiro atoms.